The van der Waals surface area contributed by atoms with Gasteiger partial charge in [-0.2, -0.15) is 0 Å². The molecule has 28 heavy (non-hydrogen) atoms. The molecule has 0 fully saturated rings. The van der Waals surface area contributed by atoms with Crippen LogP contribution in [0.4, 0.5) is 5.69 Å². The van der Waals surface area contributed by atoms with Gasteiger partial charge in [-0.3, -0.25) is 4.79 Å². The van der Waals surface area contributed by atoms with Gasteiger partial charge in [0, 0.05) is 17.3 Å². The van der Waals surface area contributed by atoms with Gasteiger partial charge in [-0.15, -0.1) is 0 Å². The second-order valence-corrected chi connectivity index (χ2v) is 6.90. The van der Waals surface area contributed by atoms with Crippen LogP contribution in [0.5, 0.6) is 17.2 Å². The van der Waals surface area contributed by atoms with E-state index >= 15 is 0 Å². The first kappa shape index (κ1) is 20.1. The molecule has 2 aromatic rings. The van der Waals surface area contributed by atoms with Gasteiger partial charge in [-0.25, -0.2) is 0 Å². The van der Waals surface area contributed by atoms with E-state index in [2.05, 4.69) is 19.9 Å². The molecular formula is C23H29NO4. The first-order chi connectivity index (χ1) is 13.5. The summed E-state index contributed by atoms with van der Waals surface area (Å²) >= 11 is 0. The highest BCUT2D eigenvalue weighted by Crippen LogP contribution is 2.41. The number of ether oxygens (including phenoxy) is 3. The lowest BCUT2D eigenvalue weighted by Gasteiger charge is -2.24. The molecular weight excluding hydrogens is 354 g/mol. The lowest BCUT2D eigenvalue weighted by molar-refractivity contribution is 0.0980. The van der Waals surface area contributed by atoms with Crippen molar-refractivity contribution in [3.63, 3.8) is 0 Å². The summed E-state index contributed by atoms with van der Waals surface area (Å²) in [6.07, 6.45) is 0.863. The molecule has 1 heterocycles. The molecule has 5 nitrogen and oxygen atoms in total. The molecule has 3 rings (SSSR count). The summed E-state index contributed by atoms with van der Waals surface area (Å²) in [5, 5.41) is 0. The number of aryl methyl sites for hydroxylation is 1. The third-order valence-electron chi connectivity index (χ3n) is 4.96. The van der Waals surface area contributed by atoms with Crippen LogP contribution >= 0.6 is 0 Å². The average Bonchev–Trinajstić information content (AvgIpc) is 3.01. The van der Waals surface area contributed by atoms with Crippen LogP contribution in [0.2, 0.25) is 0 Å². The maximum atomic E-state index is 13.5. The highest BCUT2D eigenvalue weighted by atomic mass is 16.5. The Bertz CT molecular complexity index is 835. The lowest BCUT2D eigenvalue weighted by atomic mass is 10.1. The minimum absolute atomic E-state index is 0.0539. The number of hydrogen-bond acceptors (Lipinski definition) is 4. The van der Waals surface area contributed by atoms with Crippen molar-refractivity contribution >= 4 is 11.6 Å². The monoisotopic (exact) mass is 383 g/mol. The van der Waals surface area contributed by atoms with Crippen molar-refractivity contribution in [2.24, 2.45) is 0 Å². The van der Waals surface area contributed by atoms with Crippen LogP contribution < -0.4 is 19.1 Å². The van der Waals surface area contributed by atoms with Crippen LogP contribution in [0.15, 0.2) is 30.3 Å². The molecule has 1 aliphatic rings. The molecule has 0 saturated heterocycles. The van der Waals surface area contributed by atoms with Gasteiger partial charge in [0.15, 0.2) is 11.5 Å². The molecule has 2 aromatic carbocycles. The van der Waals surface area contributed by atoms with E-state index in [-0.39, 0.29) is 11.9 Å². The zero-order valence-corrected chi connectivity index (χ0v) is 17.4. The zero-order valence-electron chi connectivity index (χ0n) is 17.4. The highest BCUT2D eigenvalue weighted by molar-refractivity contribution is 6.08. The number of fused-ring (bicyclic) bond motifs is 1. The van der Waals surface area contributed by atoms with Gasteiger partial charge in [0.2, 0.25) is 5.75 Å². The predicted octanol–water partition coefficient (Wildman–Crippen LogP) is 4.78. The van der Waals surface area contributed by atoms with Gasteiger partial charge in [-0.05, 0) is 70.4 Å². The average molecular weight is 383 g/mol. The lowest BCUT2D eigenvalue weighted by Crippen LogP contribution is -2.35. The molecule has 1 atom stereocenters. The minimum Gasteiger partial charge on any atom is -0.490 e. The summed E-state index contributed by atoms with van der Waals surface area (Å²) in [4.78, 5) is 15.4. The van der Waals surface area contributed by atoms with E-state index in [0.717, 1.165) is 12.1 Å². The summed E-state index contributed by atoms with van der Waals surface area (Å²) in [5.74, 6) is 1.57. The summed E-state index contributed by atoms with van der Waals surface area (Å²) in [7, 11) is 0. The van der Waals surface area contributed by atoms with Crippen molar-refractivity contribution in [2.45, 2.75) is 47.1 Å². The van der Waals surface area contributed by atoms with Crippen LogP contribution in [0, 0.1) is 6.92 Å². The van der Waals surface area contributed by atoms with E-state index in [9.17, 15) is 4.79 Å². The molecule has 0 aromatic heterocycles. The van der Waals surface area contributed by atoms with Crippen molar-refractivity contribution in [2.75, 3.05) is 24.7 Å². The van der Waals surface area contributed by atoms with Gasteiger partial charge in [-0.1, -0.05) is 12.1 Å². The van der Waals surface area contributed by atoms with Crippen LogP contribution in [0.3, 0.4) is 0 Å². The number of nitrogens with zero attached hydrogens (tertiary/aromatic N) is 1. The Labute approximate surface area is 167 Å². The third-order valence-corrected chi connectivity index (χ3v) is 4.96. The van der Waals surface area contributed by atoms with Gasteiger partial charge < -0.3 is 19.1 Å². The molecule has 0 saturated carbocycles. The molecule has 0 bridgehead atoms. The maximum absolute atomic E-state index is 13.5. The van der Waals surface area contributed by atoms with E-state index < -0.39 is 0 Å². The number of anilines is 1. The summed E-state index contributed by atoms with van der Waals surface area (Å²) in [6, 6.07) is 9.74. The number of amides is 1. The van der Waals surface area contributed by atoms with Gasteiger partial charge in [0.1, 0.15) is 0 Å². The van der Waals surface area contributed by atoms with E-state index in [1.165, 1.54) is 11.1 Å². The molecule has 0 N–H and O–H groups in total. The topological polar surface area (TPSA) is 48.0 Å². The Morgan fingerprint density at radius 2 is 1.64 bits per heavy atom. The second kappa shape index (κ2) is 8.55. The molecule has 0 spiro atoms. The first-order valence-electron chi connectivity index (χ1n) is 10.00. The number of rotatable bonds is 7. The van der Waals surface area contributed by atoms with E-state index in [1.807, 2.05) is 37.8 Å². The van der Waals surface area contributed by atoms with Crippen LogP contribution in [0.1, 0.15) is 49.2 Å². The normalized spacial score (nSPS) is 15.3. The fourth-order valence-electron chi connectivity index (χ4n) is 3.76. The van der Waals surface area contributed by atoms with Crippen molar-refractivity contribution in [1.82, 2.24) is 0 Å². The Balaban J connectivity index is 2.06. The molecule has 1 aliphatic heterocycles. The highest BCUT2D eigenvalue weighted by Gasteiger charge is 2.33. The smallest absolute Gasteiger partial charge is 0.258 e. The Hall–Kier alpha value is -2.69. The van der Waals surface area contributed by atoms with Crippen molar-refractivity contribution in [3.8, 4) is 17.2 Å². The largest absolute Gasteiger partial charge is 0.490 e. The predicted molar refractivity (Wildman–Crippen MR) is 111 cm³/mol. The fourth-order valence-corrected chi connectivity index (χ4v) is 3.76. The van der Waals surface area contributed by atoms with Crippen LogP contribution in [-0.4, -0.2) is 31.8 Å². The minimum atomic E-state index is -0.0539. The molecule has 0 radical (unpaired) electrons. The standard InChI is InChI=1S/C23H29NO4/c1-6-26-20-13-17(14-21(27-7-2)22(20)28-8-3)23(25)24-16(5)12-18-15(4)10-9-11-19(18)24/h9-11,13-14,16H,6-8,12H2,1-5H3. The van der Waals surface area contributed by atoms with E-state index in [1.54, 1.807) is 12.1 Å². The van der Waals surface area contributed by atoms with E-state index in [4.69, 9.17) is 14.2 Å². The number of carbonyl (C=O) groups excluding carboxylic acids is 1. The molecule has 1 unspecified atom stereocenters. The number of benzene rings is 2. The molecule has 5 heteroatoms. The first-order valence-corrected chi connectivity index (χ1v) is 10.00. The zero-order chi connectivity index (χ0) is 20.3. The van der Waals surface area contributed by atoms with Crippen LogP contribution in [-0.2, 0) is 6.42 Å². The summed E-state index contributed by atoms with van der Waals surface area (Å²) in [5.41, 5.74) is 3.99. The van der Waals surface area contributed by atoms with Crippen LogP contribution in [0.25, 0.3) is 0 Å². The summed E-state index contributed by atoms with van der Waals surface area (Å²) in [6.45, 7) is 11.4. The van der Waals surface area contributed by atoms with Gasteiger partial charge >= 0.3 is 0 Å². The number of hydrogen-bond donors (Lipinski definition) is 0. The van der Waals surface area contributed by atoms with Gasteiger partial charge in [0.05, 0.1) is 19.8 Å². The Kier molecular flexibility index (Phi) is 6.12. The quantitative estimate of drug-likeness (QED) is 0.690. The molecule has 1 amide bonds. The Morgan fingerprint density at radius 1 is 1.04 bits per heavy atom. The van der Waals surface area contributed by atoms with Gasteiger partial charge in [0.25, 0.3) is 5.91 Å². The maximum Gasteiger partial charge on any atom is 0.258 e. The van der Waals surface area contributed by atoms with Crippen molar-refractivity contribution in [1.29, 1.82) is 0 Å². The van der Waals surface area contributed by atoms with E-state index in [0.29, 0.717) is 42.6 Å². The number of carbonyl (C=O) groups is 1. The van der Waals surface area contributed by atoms with Crippen molar-refractivity contribution < 1.29 is 19.0 Å². The SMILES string of the molecule is CCOc1cc(C(=O)N2c3cccc(C)c3CC2C)cc(OCC)c1OCC. The molecule has 0 aliphatic carbocycles. The summed E-state index contributed by atoms with van der Waals surface area (Å²) < 4.78 is 17.3. The Morgan fingerprint density at radius 3 is 2.21 bits per heavy atom. The fraction of sp³-hybridized carbons (Fsp3) is 0.435. The van der Waals surface area contributed by atoms with Crippen molar-refractivity contribution in [3.05, 3.63) is 47.0 Å². The second-order valence-electron chi connectivity index (χ2n) is 6.90. The molecule has 150 valence electrons. The third kappa shape index (κ3) is 3.66.